The second kappa shape index (κ2) is 3.95. The summed E-state index contributed by atoms with van der Waals surface area (Å²) in [5.41, 5.74) is 0.0312. The van der Waals surface area contributed by atoms with Gasteiger partial charge in [-0.2, -0.15) is 0 Å². The van der Waals surface area contributed by atoms with E-state index in [1.165, 1.54) is 6.26 Å². The lowest BCUT2D eigenvalue weighted by atomic mass is 9.74. The Morgan fingerprint density at radius 3 is 2.21 bits per heavy atom. The van der Waals surface area contributed by atoms with Crippen molar-refractivity contribution in [3.05, 3.63) is 11.8 Å². The molecule has 1 aliphatic rings. The summed E-state index contributed by atoms with van der Waals surface area (Å²) in [4.78, 5) is 23.1. The van der Waals surface area contributed by atoms with E-state index in [-0.39, 0.29) is 22.6 Å². The molecule has 3 heteroatoms. The number of hydrogen-bond acceptors (Lipinski definition) is 3. The van der Waals surface area contributed by atoms with Crippen LogP contribution < -0.4 is 0 Å². The average Bonchev–Trinajstić information content (AvgIpc) is 2.00. The van der Waals surface area contributed by atoms with Crippen LogP contribution >= 0.6 is 0 Å². The maximum Gasteiger partial charge on any atom is 0.170 e. The fraction of sp³-hybridized carbons (Fsp3) is 0.636. The molecule has 0 amide bonds. The molecule has 0 bridgehead atoms. The number of ketones is 2. The summed E-state index contributed by atoms with van der Waals surface area (Å²) in [6.45, 7) is 6.16. The minimum atomic E-state index is -0.197. The third-order valence-electron chi connectivity index (χ3n) is 2.25. The summed E-state index contributed by atoms with van der Waals surface area (Å²) < 4.78 is 4.98. The highest BCUT2D eigenvalue weighted by Crippen LogP contribution is 2.33. The van der Waals surface area contributed by atoms with Crippen LogP contribution in [0.3, 0.4) is 0 Å². The van der Waals surface area contributed by atoms with Crippen molar-refractivity contribution >= 4 is 11.6 Å². The van der Waals surface area contributed by atoms with Crippen molar-refractivity contribution in [2.45, 2.75) is 33.6 Å². The number of carbonyl (C=O) groups excluding carboxylic acids is 2. The lowest BCUT2D eigenvalue weighted by Gasteiger charge is -2.28. The third kappa shape index (κ3) is 2.44. The van der Waals surface area contributed by atoms with Crippen LogP contribution in [0.4, 0.5) is 0 Å². The predicted molar refractivity (Wildman–Crippen MR) is 52.7 cm³/mol. The summed E-state index contributed by atoms with van der Waals surface area (Å²) in [6, 6.07) is 0. The molecule has 1 fully saturated rings. The van der Waals surface area contributed by atoms with Crippen LogP contribution in [0.1, 0.15) is 33.6 Å². The Hall–Kier alpha value is -1.12. The molecular formula is C11H16O3. The lowest BCUT2D eigenvalue weighted by molar-refractivity contribution is -0.127. The van der Waals surface area contributed by atoms with Gasteiger partial charge in [0, 0.05) is 12.8 Å². The highest BCUT2D eigenvalue weighted by Gasteiger charge is 2.35. The second-order valence-corrected chi connectivity index (χ2v) is 4.35. The summed E-state index contributed by atoms with van der Waals surface area (Å²) in [5, 5.41) is 0. The van der Waals surface area contributed by atoms with Gasteiger partial charge in [-0.15, -0.1) is 0 Å². The first kappa shape index (κ1) is 11.0. The Morgan fingerprint density at radius 1 is 1.29 bits per heavy atom. The molecule has 0 radical (unpaired) electrons. The Kier molecular flexibility index (Phi) is 3.09. The first-order valence-corrected chi connectivity index (χ1v) is 4.84. The van der Waals surface area contributed by atoms with Crippen molar-refractivity contribution in [2.75, 3.05) is 6.61 Å². The quantitative estimate of drug-likeness (QED) is 0.384. The van der Waals surface area contributed by atoms with Gasteiger partial charge in [0.25, 0.3) is 0 Å². The molecule has 0 N–H and O–H groups in total. The summed E-state index contributed by atoms with van der Waals surface area (Å²) in [7, 11) is 0. The molecular weight excluding hydrogens is 180 g/mol. The Morgan fingerprint density at radius 2 is 1.79 bits per heavy atom. The van der Waals surface area contributed by atoms with E-state index < -0.39 is 0 Å². The van der Waals surface area contributed by atoms with Crippen molar-refractivity contribution in [3.63, 3.8) is 0 Å². The SMILES string of the molecule is CCOC=C1C(=O)CC(C)(C)CC1=O. The van der Waals surface area contributed by atoms with Gasteiger partial charge in [-0.05, 0) is 12.3 Å². The van der Waals surface area contributed by atoms with Crippen molar-refractivity contribution in [2.24, 2.45) is 5.41 Å². The molecule has 0 aromatic carbocycles. The molecule has 0 atom stereocenters. The van der Waals surface area contributed by atoms with Gasteiger partial charge in [0.15, 0.2) is 11.6 Å². The van der Waals surface area contributed by atoms with Crippen molar-refractivity contribution in [3.8, 4) is 0 Å². The maximum absolute atomic E-state index is 11.6. The van der Waals surface area contributed by atoms with E-state index in [1.54, 1.807) is 0 Å². The van der Waals surface area contributed by atoms with Crippen LogP contribution in [0.25, 0.3) is 0 Å². The second-order valence-electron chi connectivity index (χ2n) is 4.35. The zero-order valence-corrected chi connectivity index (χ0v) is 8.92. The third-order valence-corrected chi connectivity index (χ3v) is 2.25. The Bertz CT molecular complexity index is 265. The number of allylic oxidation sites excluding steroid dienone is 1. The van der Waals surface area contributed by atoms with Gasteiger partial charge in [0.2, 0.25) is 0 Å². The zero-order valence-electron chi connectivity index (χ0n) is 8.92. The zero-order chi connectivity index (χ0) is 10.8. The standard InChI is InChI=1S/C11H16O3/c1-4-14-7-8-9(12)5-11(2,3)6-10(8)13/h7H,4-6H2,1-3H3. The van der Waals surface area contributed by atoms with Gasteiger partial charge in [0.05, 0.1) is 18.4 Å². The van der Waals surface area contributed by atoms with Crippen molar-refractivity contribution < 1.29 is 14.3 Å². The number of hydrogen-bond donors (Lipinski definition) is 0. The monoisotopic (exact) mass is 196 g/mol. The highest BCUT2D eigenvalue weighted by atomic mass is 16.5. The first-order valence-electron chi connectivity index (χ1n) is 4.84. The summed E-state index contributed by atoms with van der Waals surface area (Å²) in [5.74, 6) is -0.195. The first-order chi connectivity index (χ1) is 6.46. The van der Waals surface area contributed by atoms with Crippen LogP contribution in [0.15, 0.2) is 11.8 Å². The molecule has 78 valence electrons. The number of rotatable bonds is 2. The largest absolute Gasteiger partial charge is 0.501 e. The Labute approximate surface area is 84.1 Å². The molecule has 0 spiro atoms. The van der Waals surface area contributed by atoms with Gasteiger partial charge in [-0.3, -0.25) is 9.59 Å². The normalized spacial score (nSPS) is 20.9. The van der Waals surface area contributed by atoms with Gasteiger partial charge < -0.3 is 4.74 Å². The maximum atomic E-state index is 11.6. The minimum Gasteiger partial charge on any atom is -0.501 e. The molecule has 1 rings (SSSR count). The van der Waals surface area contributed by atoms with Crippen LogP contribution in [0.2, 0.25) is 0 Å². The molecule has 0 aromatic heterocycles. The molecule has 0 aromatic rings. The van der Waals surface area contributed by atoms with E-state index in [0.29, 0.717) is 19.4 Å². The van der Waals surface area contributed by atoms with E-state index in [2.05, 4.69) is 0 Å². The molecule has 0 aliphatic heterocycles. The van der Waals surface area contributed by atoms with E-state index in [0.717, 1.165) is 0 Å². The molecule has 1 aliphatic carbocycles. The molecule has 3 nitrogen and oxygen atoms in total. The lowest BCUT2D eigenvalue weighted by Crippen LogP contribution is -2.31. The fourth-order valence-electron chi connectivity index (χ4n) is 1.58. The average molecular weight is 196 g/mol. The minimum absolute atomic E-state index is 0.0975. The van der Waals surface area contributed by atoms with Crippen molar-refractivity contribution in [1.29, 1.82) is 0 Å². The van der Waals surface area contributed by atoms with E-state index in [1.807, 2.05) is 20.8 Å². The van der Waals surface area contributed by atoms with Crippen molar-refractivity contribution in [1.82, 2.24) is 0 Å². The van der Waals surface area contributed by atoms with E-state index >= 15 is 0 Å². The van der Waals surface area contributed by atoms with Gasteiger partial charge in [-0.25, -0.2) is 0 Å². The van der Waals surface area contributed by atoms with Crippen LogP contribution in [-0.4, -0.2) is 18.2 Å². The Balaban J connectivity index is 2.81. The van der Waals surface area contributed by atoms with Gasteiger partial charge in [-0.1, -0.05) is 13.8 Å². The number of Topliss-reactive ketones (excluding diaryl/α,β-unsaturated/α-hetero) is 2. The number of carbonyl (C=O) groups is 2. The van der Waals surface area contributed by atoms with Gasteiger partial charge >= 0.3 is 0 Å². The fourth-order valence-corrected chi connectivity index (χ4v) is 1.58. The molecule has 0 saturated heterocycles. The highest BCUT2D eigenvalue weighted by molar-refractivity contribution is 6.21. The van der Waals surface area contributed by atoms with Gasteiger partial charge in [0.1, 0.15) is 0 Å². The molecule has 0 heterocycles. The van der Waals surface area contributed by atoms with Crippen LogP contribution in [0, 0.1) is 5.41 Å². The summed E-state index contributed by atoms with van der Waals surface area (Å²) >= 11 is 0. The van der Waals surface area contributed by atoms with E-state index in [4.69, 9.17) is 4.74 Å². The number of ether oxygens (including phenoxy) is 1. The predicted octanol–water partition coefficient (Wildman–Crippen LogP) is 1.86. The van der Waals surface area contributed by atoms with E-state index in [9.17, 15) is 9.59 Å². The summed E-state index contributed by atoms with van der Waals surface area (Å²) in [6.07, 6.45) is 2.16. The molecule has 0 unspecified atom stereocenters. The molecule has 14 heavy (non-hydrogen) atoms. The smallest absolute Gasteiger partial charge is 0.170 e. The van der Waals surface area contributed by atoms with Crippen LogP contribution in [-0.2, 0) is 14.3 Å². The van der Waals surface area contributed by atoms with Crippen LogP contribution in [0.5, 0.6) is 0 Å². The molecule has 1 saturated carbocycles. The topological polar surface area (TPSA) is 43.4 Å².